The molecule has 146 valence electrons. The highest BCUT2D eigenvalue weighted by atomic mass is 16.6. The molecule has 1 aliphatic heterocycles. The number of nitrogens with zero attached hydrogens (tertiary/aromatic N) is 3. The lowest BCUT2D eigenvalue weighted by atomic mass is 9.98. The molecule has 2 aromatic carbocycles. The van der Waals surface area contributed by atoms with Crippen molar-refractivity contribution >= 4 is 16.9 Å². The molecule has 0 N–H and O–H groups in total. The van der Waals surface area contributed by atoms with Crippen LogP contribution in [0.5, 0.6) is 0 Å². The van der Waals surface area contributed by atoms with Crippen molar-refractivity contribution in [3.8, 4) is 11.4 Å². The molecule has 1 fully saturated rings. The van der Waals surface area contributed by atoms with Gasteiger partial charge >= 0.3 is 6.09 Å². The lowest BCUT2D eigenvalue weighted by Crippen LogP contribution is -2.42. The normalized spacial score (nSPS) is 17.7. The predicted octanol–water partition coefficient (Wildman–Crippen LogP) is 5.00. The van der Waals surface area contributed by atoms with Gasteiger partial charge in [0.05, 0.1) is 5.92 Å². The zero-order valence-electron chi connectivity index (χ0n) is 16.5. The predicted molar refractivity (Wildman–Crippen MR) is 107 cm³/mol. The summed E-state index contributed by atoms with van der Waals surface area (Å²) >= 11 is 0. The van der Waals surface area contributed by atoms with Gasteiger partial charge in [-0.25, -0.2) is 4.79 Å². The fraction of sp³-hybridized carbons (Fsp3) is 0.409. The summed E-state index contributed by atoms with van der Waals surface area (Å²) in [6, 6.07) is 14.3. The van der Waals surface area contributed by atoms with E-state index >= 15 is 0 Å². The summed E-state index contributed by atoms with van der Waals surface area (Å²) in [7, 11) is 0. The Morgan fingerprint density at radius 2 is 1.96 bits per heavy atom. The van der Waals surface area contributed by atoms with E-state index in [1.54, 1.807) is 4.90 Å². The monoisotopic (exact) mass is 379 g/mol. The number of carbonyl (C=O) groups excluding carboxylic acids is 1. The van der Waals surface area contributed by atoms with Gasteiger partial charge in [0, 0.05) is 18.7 Å². The Bertz CT molecular complexity index is 990. The van der Waals surface area contributed by atoms with Crippen LogP contribution in [0.1, 0.15) is 45.4 Å². The third-order valence-corrected chi connectivity index (χ3v) is 4.87. The van der Waals surface area contributed by atoms with E-state index in [0.29, 0.717) is 24.8 Å². The van der Waals surface area contributed by atoms with Gasteiger partial charge in [0.25, 0.3) is 0 Å². The molecule has 2 heterocycles. The van der Waals surface area contributed by atoms with Gasteiger partial charge in [-0.05, 0) is 50.5 Å². The maximum absolute atomic E-state index is 12.4. The fourth-order valence-corrected chi connectivity index (χ4v) is 3.52. The molecule has 0 spiro atoms. The van der Waals surface area contributed by atoms with E-state index in [1.807, 2.05) is 39.0 Å². The van der Waals surface area contributed by atoms with E-state index in [2.05, 4.69) is 34.4 Å². The van der Waals surface area contributed by atoms with Gasteiger partial charge in [0.15, 0.2) is 0 Å². The highest BCUT2D eigenvalue weighted by Crippen LogP contribution is 2.29. The van der Waals surface area contributed by atoms with Gasteiger partial charge in [0.2, 0.25) is 11.7 Å². The minimum atomic E-state index is -0.502. The molecule has 4 rings (SSSR count). The molecule has 1 aromatic heterocycles. The van der Waals surface area contributed by atoms with Gasteiger partial charge in [0.1, 0.15) is 5.60 Å². The smallest absolute Gasteiger partial charge is 0.410 e. The molecular weight excluding hydrogens is 354 g/mol. The van der Waals surface area contributed by atoms with E-state index in [0.717, 1.165) is 23.8 Å². The summed E-state index contributed by atoms with van der Waals surface area (Å²) in [4.78, 5) is 18.7. The molecule has 0 saturated carbocycles. The van der Waals surface area contributed by atoms with Crippen LogP contribution < -0.4 is 0 Å². The molecule has 1 amide bonds. The van der Waals surface area contributed by atoms with Gasteiger partial charge in [-0.1, -0.05) is 41.6 Å². The third-order valence-electron chi connectivity index (χ3n) is 4.87. The number of rotatable bonds is 2. The Morgan fingerprint density at radius 3 is 2.75 bits per heavy atom. The summed E-state index contributed by atoms with van der Waals surface area (Å²) in [6.45, 7) is 6.85. The van der Waals surface area contributed by atoms with E-state index < -0.39 is 5.60 Å². The highest BCUT2D eigenvalue weighted by molar-refractivity contribution is 5.86. The van der Waals surface area contributed by atoms with E-state index in [9.17, 15) is 4.79 Å². The van der Waals surface area contributed by atoms with E-state index in [1.165, 1.54) is 5.39 Å². The van der Waals surface area contributed by atoms with Crippen LogP contribution in [-0.2, 0) is 4.74 Å². The van der Waals surface area contributed by atoms with Crippen molar-refractivity contribution < 1.29 is 14.1 Å². The Hall–Kier alpha value is -2.89. The number of hydrogen-bond donors (Lipinski definition) is 0. The van der Waals surface area contributed by atoms with Gasteiger partial charge in [-0.15, -0.1) is 0 Å². The number of fused-ring (bicyclic) bond motifs is 1. The van der Waals surface area contributed by atoms with Crippen molar-refractivity contribution in [2.75, 3.05) is 13.1 Å². The molecule has 0 radical (unpaired) electrons. The highest BCUT2D eigenvalue weighted by Gasteiger charge is 2.31. The first-order chi connectivity index (χ1) is 13.4. The minimum Gasteiger partial charge on any atom is -0.444 e. The number of likely N-dealkylation sites (tertiary alicyclic amines) is 1. The molecule has 28 heavy (non-hydrogen) atoms. The number of carbonyl (C=O) groups is 1. The minimum absolute atomic E-state index is 0.0305. The maximum atomic E-state index is 12.4. The number of piperidine rings is 1. The topological polar surface area (TPSA) is 68.5 Å². The largest absolute Gasteiger partial charge is 0.444 e. The second kappa shape index (κ2) is 7.26. The van der Waals surface area contributed by atoms with Crippen LogP contribution >= 0.6 is 0 Å². The lowest BCUT2D eigenvalue weighted by molar-refractivity contribution is 0.0189. The molecule has 1 unspecified atom stereocenters. The van der Waals surface area contributed by atoms with Crippen molar-refractivity contribution in [3.05, 3.63) is 48.4 Å². The molecular formula is C22H25N3O3. The van der Waals surface area contributed by atoms with Crippen molar-refractivity contribution in [2.24, 2.45) is 0 Å². The summed E-state index contributed by atoms with van der Waals surface area (Å²) in [5.41, 5.74) is 0.422. The molecule has 1 atom stereocenters. The summed E-state index contributed by atoms with van der Waals surface area (Å²) in [6.07, 6.45) is 1.52. The third kappa shape index (κ3) is 4.01. The lowest BCUT2D eigenvalue weighted by Gasteiger charge is -2.32. The van der Waals surface area contributed by atoms with Crippen LogP contribution in [0.25, 0.3) is 22.2 Å². The standard InChI is InChI=1S/C22H25N3O3/c1-22(2,3)27-21(26)25-12-6-9-18(14-25)20-23-19(24-28-20)17-11-10-15-7-4-5-8-16(15)13-17/h4-5,7-8,10-11,13,18H,6,9,12,14H2,1-3H3. The molecule has 1 saturated heterocycles. The number of amides is 1. The van der Waals surface area contributed by atoms with Crippen LogP contribution in [-0.4, -0.2) is 39.8 Å². The second-order valence-corrected chi connectivity index (χ2v) is 8.28. The second-order valence-electron chi connectivity index (χ2n) is 8.28. The first-order valence-electron chi connectivity index (χ1n) is 9.70. The molecule has 1 aliphatic rings. The Morgan fingerprint density at radius 1 is 1.18 bits per heavy atom. The number of hydrogen-bond acceptors (Lipinski definition) is 5. The average molecular weight is 379 g/mol. The van der Waals surface area contributed by atoms with Crippen molar-refractivity contribution in [1.82, 2.24) is 15.0 Å². The quantitative estimate of drug-likeness (QED) is 0.626. The molecule has 0 aliphatic carbocycles. The van der Waals surface area contributed by atoms with Gasteiger partial charge < -0.3 is 14.2 Å². The average Bonchev–Trinajstić information content (AvgIpc) is 3.17. The summed E-state index contributed by atoms with van der Waals surface area (Å²) in [5, 5.41) is 6.49. The number of ether oxygens (including phenoxy) is 1. The van der Waals surface area contributed by atoms with Crippen LogP contribution in [0.2, 0.25) is 0 Å². The first-order valence-corrected chi connectivity index (χ1v) is 9.70. The zero-order chi connectivity index (χ0) is 19.7. The fourth-order valence-electron chi connectivity index (χ4n) is 3.52. The molecule has 6 heteroatoms. The molecule has 6 nitrogen and oxygen atoms in total. The van der Waals surface area contributed by atoms with Crippen LogP contribution in [0, 0.1) is 0 Å². The van der Waals surface area contributed by atoms with Crippen LogP contribution in [0.3, 0.4) is 0 Å². The van der Waals surface area contributed by atoms with Gasteiger partial charge in [-0.3, -0.25) is 0 Å². The van der Waals surface area contributed by atoms with E-state index in [-0.39, 0.29) is 12.0 Å². The number of aromatic nitrogens is 2. The maximum Gasteiger partial charge on any atom is 0.410 e. The van der Waals surface area contributed by atoms with Crippen LogP contribution in [0.15, 0.2) is 47.0 Å². The first kappa shape index (κ1) is 18.5. The van der Waals surface area contributed by atoms with E-state index in [4.69, 9.17) is 9.26 Å². The van der Waals surface area contributed by atoms with Crippen molar-refractivity contribution in [3.63, 3.8) is 0 Å². The van der Waals surface area contributed by atoms with Gasteiger partial charge in [-0.2, -0.15) is 4.98 Å². The Balaban J connectivity index is 1.51. The Kier molecular flexibility index (Phi) is 4.79. The van der Waals surface area contributed by atoms with Crippen molar-refractivity contribution in [2.45, 2.75) is 45.1 Å². The molecule has 0 bridgehead atoms. The Labute approximate surface area is 164 Å². The van der Waals surface area contributed by atoms with Crippen LogP contribution in [0.4, 0.5) is 4.79 Å². The summed E-state index contributed by atoms with van der Waals surface area (Å²) in [5.74, 6) is 1.19. The molecule has 3 aromatic rings. The number of benzene rings is 2. The summed E-state index contributed by atoms with van der Waals surface area (Å²) < 4.78 is 11.1. The zero-order valence-corrected chi connectivity index (χ0v) is 16.5. The SMILES string of the molecule is CC(C)(C)OC(=O)N1CCCC(c2nc(-c3ccc4ccccc4c3)no2)C1. The van der Waals surface area contributed by atoms with Crippen molar-refractivity contribution in [1.29, 1.82) is 0 Å².